The molecule has 0 saturated carbocycles. The summed E-state index contributed by atoms with van der Waals surface area (Å²) in [5.41, 5.74) is 1.52. The number of fused-ring (bicyclic) bond motifs is 1. The molecule has 9 heteroatoms. The molecule has 4 heterocycles. The van der Waals surface area contributed by atoms with Gasteiger partial charge < -0.3 is 13.4 Å². The molecular weight excluding hydrogens is 426 g/mol. The molecule has 1 aliphatic rings. The zero-order valence-electron chi connectivity index (χ0n) is 18.1. The Bertz CT molecular complexity index is 1260. The second-order valence-corrected chi connectivity index (χ2v) is 8.95. The van der Waals surface area contributed by atoms with Gasteiger partial charge in [-0.05, 0) is 24.3 Å². The lowest BCUT2D eigenvalue weighted by atomic mass is 10.1. The maximum absolute atomic E-state index is 13.2. The summed E-state index contributed by atoms with van der Waals surface area (Å²) < 4.78 is 13.5. The van der Waals surface area contributed by atoms with Gasteiger partial charge in [-0.25, -0.2) is 5.01 Å². The summed E-state index contributed by atoms with van der Waals surface area (Å²) in [6, 6.07) is 13.1. The highest BCUT2D eigenvalue weighted by Crippen LogP contribution is 2.35. The molecule has 5 rings (SSSR count). The monoisotopic (exact) mass is 449 g/mol. The van der Waals surface area contributed by atoms with Crippen molar-refractivity contribution in [3.05, 3.63) is 66.1 Å². The van der Waals surface area contributed by atoms with E-state index in [1.54, 1.807) is 6.26 Å². The van der Waals surface area contributed by atoms with Crippen molar-refractivity contribution in [2.45, 2.75) is 37.4 Å². The number of rotatable bonds is 6. The van der Waals surface area contributed by atoms with E-state index in [0.29, 0.717) is 23.1 Å². The number of hydrogen-bond donors (Lipinski definition) is 0. The van der Waals surface area contributed by atoms with Crippen molar-refractivity contribution in [3.8, 4) is 0 Å². The Kier molecular flexibility index (Phi) is 5.34. The number of amides is 1. The van der Waals surface area contributed by atoms with Crippen LogP contribution in [0.5, 0.6) is 0 Å². The smallest absolute Gasteiger partial charge is 0.253 e. The number of carbonyl (C=O) groups excluding carboxylic acids is 1. The van der Waals surface area contributed by atoms with Gasteiger partial charge in [-0.3, -0.25) is 4.79 Å². The van der Waals surface area contributed by atoms with Gasteiger partial charge in [0.25, 0.3) is 5.91 Å². The van der Waals surface area contributed by atoms with Crippen LogP contribution >= 0.6 is 11.8 Å². The molecule has 4 aromatic rings. The van der Waals surface area contributed by atoms with Gasteiger partial charge in [0, 0.05) is 24.8 Å². The fraction of sp³-hybridized carbons (Fsp3) is 0.304. The van der Waals surface area contributed by atoms with E-state index >= 15 is 0 Å². The molecule has 0 saturated heterocycles. The molecule has 1 amide bonds. The number of benzene rings is 1. The molecule has 0 fully saturated rings. The Morgan fingerprint density at radius 1 is 1.22 bits per heavy atom. The number of para-hydroxylation sites is 1. The van der Waals surface area contributed by atoms with Crippen LogP contribution in [-0.2, 0) is 11.8 Å². The number of hydrazone groups is 1. The summed E-state index contributed by atoms with van der Waals surface area (Å²) in [5.74, 6) is 2.57. The third kappa shape index (κ3) is 3.73. The fourth-order valence-electron chi connectivity index (χ4n) is 3.86. The maximum Gasteiger partial charge on any atom is 0.253 e. The maximum atomic E-state index is 13.2. The molecule has 164 valence electrons. The van der Waals surface area contributed by atoms with Gasteiger partial charge in [-0.2, -0.15) is 5.10 Å². The summed E-state index contributed by atoms with van der Waals surface area (Å²) in [7, 11) is 1.92. The molecule has 0 bridgehead atoms. The van der Waals surface area contributed by atoms with Crippen molar-refractivity contribution in [1.82, 2.24) is 19.8 Å². The number of carbonyl (C=O) groups is 1. The minimum atomic E-state index is -0.313. The highest BCUT2D eigenvalue weighted by molar-refractivity contribution is 7.99. The molecule has 1 unspecified atom stereocenters. The Labute approximate surface area is 189 Å². The first-order valence-corrected chi connectivity index (χ1v) is 11.4. The van der Waals surface area contributed by atoms with E-state index in [1.807, 2.05) is 54.1 Å². The number of furan rings is 2. The highest BCUT2D eigenvalue weighted by Gasteiger charge is 2.36. The van der Waals surface area contributed by atoms with Gasteiger partial charge >= 0.3 is 0 Å². The molecule has 3 aromatic heterocycles. The Balaban J connectivity index is 1.39. The number of nitrogens with zero attached hydrogens (tertiary/aromatic N) is 5. The van der Waals surface area contributed by atoms with Crippen LogP contribution in [0, 0.1) is 0 Å². The minimum absolute atomic E-state index is 0.128. The molecular formula is C23H23N5O3S. The SMILES string of the molecule is CC(C)c1nnc(SCC(=O)N2N=C(c3cc4ccccc4o3)CC2c2ccco2)n1C. The van der Waals surface area contributed by atoms with Crippen LogP contribution in [0.25, 0.3) is 11.0 Å². The molecule has 1 atom stereocenters. The van der Waals surface area contributed by atoms with Crippen LogP contribution in [0.15, 0.2) is 67.8 Å². The Hall–Kier alpha value is -3.33. The second-order valence-electron chi connectivity index (χ2n) is 8.01. The molecule has 0 radical (unpaired) electrons. The predicted octanol–water partition coefficient (Wildman–Crippen LogP) is 4.75. The quantitative estimate of drug-likeness (QED) is 0.395. The molecule has 0 aliphatic carbocycles. The summed E-state index contributed by atoms with van der Waals surface area (Å²) in [6.07, 6.45) is 2.13. The lowest BCUT2D eigenvalue weighted by Crippen LogP contribution is -2.28. The van der Waals surface area contributed by atoms with Gasteiger partial charge in [0.15, 0.2) is 10.9 Å². The van der Waals surface area contributed by atoms with E-state index < -0.39 is 0 Å². The van der Waals surface area contributed by atoms with E-state index in [0.717, 1.165) is 22.5 Å². The third-order valence-electron chi connectivity index (χ3n) is 5.46. The second kappa shape index (κ2) is 8.31. The minimum Gasteiger partial charge on any atom is -0.467 e. The van der Waals surface area contributed by atoms with Gasteiger partial charge in [0.2, 0.25) is 0 Å². The van der Waals surface area contributed by atoms with Crippen LogP contribution in [0.2, 0.25) is 0 Å². The molecule has 8 nitrogen and oxygen atoms in total. The van der Waals surface area contributed by atoms with Crippen molar-refractivity contribution in [2.24, 2.45) is 12.1 Å². The fourth-order valence-corrected chi connectivity index (χ4v) is 4.63. The highest BCUT2D eigenvalue weighted by atomic mass is 32.2. The zero-order valence-corrected chi connectivity index (χ0v) is 18.9. The first-order valence-electron chi connectivity index (χ1n) is 10.4. The van der Waals surface area contributed by atoms with Crippen LogP contribution in [0.3, 0.4) is 0 Å². The first-order chi connectivity index (χ1) is 15.5. The van der Waals surface area contributed by atoms with Gasteiger partial charge in [-0.15, -0.1) is 10.2 Å². The predicted molar refractivity (Wildman–Crippen MR) is 121 cm³/mol. The van der Waals surface area contributed by atoms with Crippen molar-refractivity contribution in [3.63, 3.8) is 0 Å². The van der Waals surface area contributed by atoms with E-state index in [4.69, 9.17) is 8.83 Å². The van der Waals surface area contributed by atoms with E-state index in [-0.39, 0.29) is 23.6 Å². The Morgan fingerprint density at radius 3 is 2.78 bits per heavy atom. The van der Waals surface area contributed by atoms with E-state index in [2.05, 4.69) is 29.1 Å². The summed E-state index contributed by atoms with van der Waals surface area (Å²) in [6.45, 7) is 4.13. The average Bonchev–Trinajstić information content (AvgIpc) is 3.56. The van der Waals surface area contributed by atoms with E-state index in [1.165, 1.54) is 16.8 Å². The third-order valence-corrected chi connectivity index (χ3v) is 6.46. The zero-order chi connectivity index (χ0) is 22.2. The van der Waals surface area contributed by atoms with Crippen LogP contribution in [0.1, 0.15) is 49.6 Å². The number of thioether (sulfide) groups is 1. The molecule has 1 aliphatic heterocycles. The number of aromatic nitrogens is 3. The van der Waals surface area contributed by atoms with E-state index in [9.17, 15) is 4.79 Å². The van der Waals surface area contributed by atoms with Crippen molar-refractivity contribution in [2.75, 3.05) is 5.75 Å². The Morgan fingerprint density at radius 2 is 2.06 bits per heavy atom. The summed E-state index contributed by atoms with van der Waals surface area (Å²) in [5, 5.41) is 16.3. The van der Waals surface area contributed by atoms with Gasteiger partial charge in [0.1, 0.15) is 28.9 Å². The van der Waals surface area contributed by atoms with Crippen LogP contribution in [0.4, 0.5) is 0 Å². The summed E-state index contributed by atoms with van der Waals surface area (Å²) in [4.78, 5) is 13.2. The van der Waals surface area contributed by atoms with Gasteiger partial charge in [0.05, 0.1) is 12.0 Å². The molecule has 0 N–H and O–H groups in total. The van der Waals surface area contributed by atoms with Crippen molar-refractivity contribution < 1.29 is 13.6 Å². The summed E-state index contributed by atoms with van der Waals surface area (Å²) >= 11 is 1.36. The van der Waals surface area contributed by atoms with Crippen molar-refractivity contribution in [1.29, 1.82) is 0 Å². The lowest BCUT2D eigenvalue weighted by Gasteiger charge is -2.19. The largest absolute Gasteiger partial charge is 0.467 e. The van der Waals surface area contributed by atoms with Gasteiger partial charge in [-0.1, -0.05) is 43.8 Å². The average molecular weight is 450 g/mol. The first kappa shape index (κ1) is 20.6. The standard InChI is InChI=1S/C23H23N5O3S/c1-14(2)22-24-25-23(27(22)3)32-13-21(29)28-17(19-9-6-10-30-19)12-16(26-28)20-11-15-7-4-5-8-18(15)31-20/h4-11,14,17H,12-13H2,1-3H3. The lowest BCUT2D eigenvalue weighted by molar-refractivity contribution is -0.130. The molecule has 1 aromatic carbocycles. The topological polar surface area (TPSA) is 89.7 Å². The molecule has 32 heavy (non-hydrogen) atoms. The number of hydrogen-bond acceptors (Lipinski definition) is 7. The van der Waals surface area contributed by atoms with Crippen LogP contribution < -0.4 is 0 Å². The normalized spacial score (nSPS) is 16.3. The molecule has 0 spiro atoms. The van der Waals surface area contributed by atoms with Crippen LogP contribution in [-0.4, -0.2) is 37.1 Å². The van der Waals surface area contributed by atoms with Crippen molar-refractivity contribution >= 4 is 34.3 Å².